The van der Waals surface area contributed by atoms with Gasteiger partial charge >= 0.3 is 0 Å². The predicted molar refractivity (Wildman–Crippen MR) is 67.6 cm³/mol. The van der Waals surface area contributed by atoms with Crippen molar-refractivity contribution in [2.24, 2.45) is 0 Å². The molecule has 1 aromatic carbocycles. The Labute approximate surface area is 97.4 Å². The van der Waals surface area contributed by atoms with Gasteiger partial charge in [-0.3, -0.25) is 0 Å². The van der Waals surface area contributed by atoms with Crippen molar-refractivity contribution in [3.8, 4) is 5.75 Å². The first kappa shape index (κ1) is 11.0. The monoisotopic (exact) mass is 214 g/mol. The number of para-hydroxylation sites is 1. The van der Waals surface area contributed by atoms with Crippen molar-refractivity contribution in [1.82, 2.24) is 0 Å². The van der Waals surface area contributed by atoms with Gasteiger partial charge in [0.1, 0.15) is 11.5 Å². The maximum atomic E-state index is 5.92. The summed E-state index contributed by atoms with van der Waals surface area (Å²) in [5.41, 5.74) is 3.85. The van der Waals surface area contributed by atoms with Gasteiger partial charge < -0.3 is 4.74 Å². The molecule has 1 aliphatic heterocycles. The molecule has 2 rings (SSSR count). The summed E-state index contributed by atoms with van der Waals surface area (Å²) in [6.07, 6.45) is 2.27. The van der Waals surface area contributed by atoms with Crippen molar-refractivity contribution in [3.05, 3.63) is 52.8 Å². The molecular formula is C15H18O. The number of hydrogen-bond donors (Lipinski definition) is 0. The third kappa shape index (κ3) is 1.90. The second-order valence-corrected chi connectivity index (χ2v) is 4.73. The van der Waals surface area contributed by atoms with Crippen LogP contribution in [0.15, 0.2) is 47.2 Å². The second kappa shape index (κ2) is 4.17. The molecule has 0 aromatic heterocycles. The van der Waals surface area contributed by atoms with Crippen LogP contribution in [0.2, 0.25) is 0 Å². The number of allylic oxidation sites excluding steroid dienone is 3. The molecule has 16 heavy (non-hydrogen) atoms. The zero-order valence-corrected chi connectivity index (χ0v) is 10.4. The molecule has 0 amide bonds. The number of fused-ring (bicyclic) bond motifs is 1. The van der Waals surface area contributed by atoms with E-state index in [1.54, 1.807) is 0 Å². The van der Waals surface area contributed by atoms with Crippen molar-refractivity contribution in [2.45, 2.75) is 33.6 Å². The first-order chi connectivity index (χ1) is 7.59. The predicted octanol–water partition coefficient (Wildman–Crippen LogP) is 4.42. The van der Waals surface area contributed by atoms with Gasteiger partial charge in [0.2, 0.25) is 0 Å². The number of hydrogen-bond acceptors (Lipinski definition) is 1. The summed E-state index contributed by atoms with van der Waals surface area (Å²) < 4.78 is 5.92. The molecule has 1 atom stereocenters. The van der Waals surface area contributed by atoms with E-state index in [1.807, 2.05) is 12.1 Å². The first-order valence-corrected chi connectivity index (χ1v) is 5.68. The molecule has 0 aliphatic carbocycles. The lowest BCUT2D eigenvalue weighted by atomic mass is 9.95. The van der Waals surface area contributed by atoms with Crippen molar-refractivity contribution in [2.75, 3.05) is 0 Å². The van der Waals surface area contributed by atoms with Crippen molar-refractivity contribution in [1.29, 1.82) is 0 Å². The van der Waals surface area contributed by atoms with Crippen LogP contribution in [0.25, 0.3) is 0 Å². The van der Waals surface area contributed by atoms with Crippen molar-refractivity contribution in [3.63, 3.8) is 0 Å². The van der Waals surface area contributed by atoms with Crippen LogP contribution in [0.1, 0.15) is 39.2 Å². The Kier molecular flexibility index (Phi) is 2.86. The second-order valence-electron chi connectivity index (χ2n) is 4.73. The van der Waals surface area contributed by atoms with Gasteiger partial charge in [-0.05, 0) is 39.3 Å². The lowest BCUT2D eigenvalue weighted by Crippen LogP contribution is -1.98. The van der Waals surface area contributed by atoms with Gasteiger partial charge in [0, 0.05) is 5.56 Å². The van der Waals surface area contributed by atoms with E-state index in [0.29, 0.717) is 5.92 Å². The Morgan fingerprint density at radius 2 is 1.81 bits per heavy atom. The number of benzene rings is 1. The Morgan fingerprint density at radius 1 is 1.12 bits per heavy atom. The summed E-state index contributed by atoms with van der Waals surface area (Å²) in [5.74, 6) is 2.38. The molecule has 0 bridgehead atoms. The summed E-state index contributed by atoms with van der Waals surface area (Å²) >= 11 is 0. The van der Waals surface area contributed by atoms with E-state index in [-0.39, 0.29) is 0 Å². The van der Waals surface area contributed by atoms with Crippen LogP contribution in [-0.4, -0.2) is 0 Å². The van der Waals surface area contributed by atoms with E-state index >= 15 is 0 Å². The van der Waals surface area contributed by atoms with E-state index in [9.17, 15) is 0 Å². The normalized spacial score (nSPS) is 17.8. The summed E-state index contributed by atoms with van der Waals surface area (Å²) in [6, 6.07) is 8.28. The molecule has 1 nitrogen and oxygen atoms in total. The largest absolute Gasteiger partial charge is 0.460 e. The highest BCUT2D eigenvalue weighted by Crippen LogP contribution is 2.42. The molecule has 0 radical (unpaired) electrons. The molecule has 0 saturated heterocycles. The fraction of sp³-hybridized carbons (Fsp3) is 0.333. The van der Waals surface area contributed by atoms with Crippen LogP contribution in [0.3, 0.4) is 0 Å². The zero-order valence-electron chi connectivity index (χ0n) is 10.4. The van der Waals surface area contributed by atoms with Gasteiger partial charge in [-0.1, -0.05) is 29.8 Å². The molecule has 0 fully saturated rings. The van der Waals surface area contributed by atoms with E-state index in [1.165, 1.54) is 16.7 Å². The highest BCUT2D eigenvalue weighted by Gasteiger charge is 2.28. The van der Waals surface area contributed by atoms with E-state index in [2.05, 4.69) is 45.9 Å². The molecule has 84 valence electrons. The average Bonchev–Trinajstić information content (AvgIpc) is 2.57. The van der Waals surface area contributed by atoms with Crippen LogP contribution in [0.5, 0.6) is 5.75 Å². The average molecular weight is 214 g/mol. The standard InChI is InChI=1S/C15H18O/c1-10(2)9-13-12-7-5-6-8-14(12)16-15(13)11(3)4/h5-9,13H,1-4H3. The van der Waals surface area contributed by atoms with E-state index < -0.39 is 0 Å². The van der Waals surface area contributed by atoms with E-state index in [4.69, 9.17) is 4.74 Å². The highest BCUT2D eigenvalue weighted by atomic mass is 16.5. The topological polar surface area (TPSA) is 9.23 Å². The third-order valence-corrected chi connectivity index (χ3v) is 2.75. The van der Waals surface area contributed by atoms with Gasteiger partial charge in [0.05, 0.1) is 5.92 Å². The van der Waals surface area contributed by atoms with Gasteiger partial charge in [0.15, 0.2) is 0 Å². The Bertz CT molecular complexity index is 458. The van der Waals surface area contributed by atoms with Crippen LogP contribution < -0.4 is 4.74 Å². The SMILES string of the molecule is CC(C)=CC1C(=C(C)C)Oc2ccccc21. The van der Waals surface area contributed by atoms with Crippen molar-refractivity contribution < 1.29 is 4.74 Å². The summed E-state index contributed by atoms with van der Waals surface area (Å²) in [6.45, 7) is 8.47. The minimum absolute atomic E-state index is 0.297. The Balaban J connectivity index is 2.53. The Hall–Kier alpha value is -1.50. The molecule has 1 aromatic rings. The zero-order chi connectivity index (χ0) is 11.7. The fourth-order valence-electron chi connectivity index (χ4n) is 2.07. The molecule has 1 heteroatoms. The van der Waals surface area contributed by atoms with Gasteiger partial charge in [-0.2, -0.15) is 0 Å². The van der Waals surface area contributed by atoms with Crippen LogP contribution in [-0.2, 0) is 0 Å². The van der Waals surface area contributed by atoms with Gasteiger partial charge in [-0.15, -0.1) is 0 Å². The van der Waals surface area contributed by atoms with Gasteiger partial charge in [-0.25, -0.2) is 0 Å². The lowest BCUT2D eigenvalue weighted by molar-refractivity contribution is 0.431. The van der Waals surface area contributed by atoms with Crippen LogP contribution in [0.4, 0.5) is 0 Å². The smallest absolute Gasteiger partial charge is 0.131 e. The minimum atomic E-state index is 0.297. The molecule has 1 heterocycles. The molecule has 0 N–H and O–H groups in total. The van der Waals surface area contributed by atoms with E-state index in [0.717, 1.165) is 11.5 Å². The summed E-state index contributed by atoms with van der Waals surface area (Å²) in [7, 11) is 0. The maximum absolute atomic E-state index is 5.92. The maximum Gasteiger partial charge on any atom is 0.131 e. The minimum Gasteiger partial charge on any atom is -0.460 e. The molecule has 1 unspecified atom stereocenters. The third-order valence-electron chi connectivity index (χ3n) is 2.75. The summed E-state index contributed by atoms with van der Waals surface area (Å²) in [5, 5.41) is 0. The molecule has 1 aliphatic rings. The molecule has 0 spiro atoms. The molecule has 0 saturated carbocycles. The highest BCUT2D eigenvalue weighted by molar-refractivity contribution is 5.49. The fourth-order valence-corrected chi connectivity index (χ4v) is 2.07. The van der Waals surface area contributed by atoms with Gasteiger partial charge in [0.25, 0.3) is 0 Å². The quantitative estimate of drug-likeness (QED) is 0.629. The van der Waals surface area contributed by atoms with Crippen molar-refractivity contribution >= 4 is 0 Å². The summed E-state index contributed by atoms with van der Waals surface area (Å²) in [4.78, 5) is 0. The first-order valence-electron chi connectivity index (χ1n) is 5.68. The molecular weight excluding hydrogens is 196 g/mol. The number of rotatable bonds is 1. The van der Waals surface area contributed by atoms with Crippen LogP contribution in [0, 0.1) is 0 Å². The number of ether oxygens (including phenoxy) is 1. The Morgan fingerprint density at radius 3 is 2.44 bits per heavy atom. The lowest BCUT2D eigenvalue weighted by Gasteiger charge is -2.08. The van der Waals surface area contributed by atoms with Crippen LogP contribution >= 0.6 is 0 Å².